The van der Waals surface area contributed by atoms with Crippen LogP contribution in [0.1, 0.15) is 39.0 Å². The molecule has 1 aliphatic rings. The smallest absolute Gasteiger partial charge is 0.0715 e. The molecule has 1 fully saturated rings. The summed E-state index contributed by atoms with van der Waals surface area (Å²) in [6, 6.07) is 4.08. The zero-order chi connectivity index (χ0) is 12.1. The summed E-state index contributed by atoms with van der Waals surface area (Å²) in [7, 11) is 0. The first-order chi connectivity index (χ1) is 8.27. The molecule has 1 aromatic heterocycles. The lowest BCUT2D eigenvalue weighted by Crippen LogP contribution is -2.39. The molecule has 1 aromatic rings. The fourth-order valence-corrected chi connectivity index (χ4v) is 2.77. The third-order valence-electron chi connectivity index (χ3n) is 3.67. The van der Waals surface area contributed by atoms with Crippen LogP contribution in [0.5, 0.6) is 0 Å². The van der Waals surface area contributed by atoms with Gasteiger partial charge in [-0.3, -0.25) is 4.98 Å². The predicted octanol–water partition coefficient (Wildman–Crippen LogP) is 2.82. The number of aromatic nitrogens is 1. The van der Waals surface area contributed by atoms with Gasteiger partial charge in [0.05, 0.1) is 17.8 Å². The Morgan fingerprint density at radius 1 is 1.35 bits per heavy atom. The van der Waals surface area contributed by atoms with Gasteiger partial charge in [-0.2, -0.15) is 0 Å². The summed E-state index contributed by atoms with van der Waals surface area (Å²) in [5.41, 5.74) is 1.00. The van der Waals surface area contributed by atoms with Crippen LogP contribution in [0.4, 0.5) is 5.69 Å². The summed E-state index contributed by atoms with van der Waals surface area (Å²) in [6.07, 6.45) is 9.65. The molecule has 2 N–H and O–H groups in total. The lowest BCUT2D eigenvalue weighted by Gasteiger charge is -2.33. The summed E-state index contributed by atoms with van der Waals surface area (Å²) in [5, 5.41) is 13.4. The molecule has 0 aromatic carbocycles. The van der Waals surface area contributed by atoms with Crippen molar-refractivity contribution in [1.82, 2.24) is 4.98 Å². The van der Waals surface area contributed by atoms with Gasteiger partial charge in [0.1, 0.15) is 0 Å². The standard InChI is InChI=1S/C14H22N2O/c1-11(17)14(12-6-3-2-4-7-12)16-13-8-5-9-15-10-13/h5,8-12,14,16-17H,2-4,6-7H2,1H3. The minimum atomic E-state index is -0.321. The fraction of sp³-hybridized carbons (Fsp3) is 0.643. The highest BCUT2D eigenvalue weighted by molar-refractivity contribution is 5.41. The molecule has 1 saturated carbocycles. The quantitative estimate of drug-likeness (QED) is 0.842. The average Bonchev–Trinajstić information content (AvgIpc) is 2.38. The van der Waals surface area contributed by atoms with Gasteiger partial charge in [0.25, 0.3) is 0 Å². The Morgan fingerprint density at radius 3 is 2.71 bits per heavy atom. The zero-order valence-electron chi connectivity index (χ0n) is 10.5. The lowest BCUT2D eigenvalue weighted by molar-refractivity contribution is 0.129. The molecule has 1 aliphatic carbocycles. The molecule has 2 atom stereocenters. The third-order valence-corrected chi connectivity index (χ3v) is 3.67. The fourth-order valence-electron chi connectivity index (χ4n) is 2.77. The van der Waals surface area contributed by atoms with Crippen molar-refractivity contribution in [2.45, 2.75) is 51.2 Å². The molecule has 94 valence electrons. The number of nitrogens with zero attached hydrogens (tertiary/aromatic N) is 1. The molecule has 2 unspecified atom stereocenters. The molecule has 0 radical (unpaired) electrons. The molecule has 0 amide bonds. The Balaban J connectivity index is 2.01. The van der Waals surface area contributed by atoms with E-state index in [0.29, 0.717) is 5.92 Å². The Morgan fingerprint density at radius 2 is 2.12 bits per heavy atom. The van der Waals surface area contributed by atoms with Crippen LogP contribution in [0.3, 0.4) is 0 Å². The molecule has 1 heterocycles. The minimum Gasteiger partial charge on any atom is -0.391 e. The number of hydrogen-bond acceptors (Lipinski definition) is 3. The van der Waals surface area contributed by atoms with Crippen LogP contribution in [0.15, 0.2) is 24.5 Å². The molecule has 17 heavy (non-hydrogen) atoms. The van der Waals surface area contributed by atoms with Gasteiger partial charge in [0.2, 0.25) is 0 Å². The summed E-state index contributed by atoms with van der Waals surface area (Å²) in [5.74, 6) is 0.587. The number of aliphatic hydroxyl groups excluding tert-OH is 1. The van der Waals surface area contributed by atoms with Gasteiger partial charge in [-0.1, -0.05) is 19.3 Å². The largest absolute Gasteiger partial charge is 0.391 e. The first kappa shape index (κ1) is 12.4. The summed E-state index contributed by atoms with van der Waals surface area (Å²) in [6.45, 7) is 1.88. The SMILES string of the molecule is CC(O)C(Nc1cccnc1)C1CCCCC1. The highest BCUT2D eigenvalue weighted by Gasteiger charge is 2.27. The van der Waals surface area contributed by atoms with E-state index in [1.807, 2.05) is 25.3 Å². The molecule has 0 spiro atoms. The molecular formula is C14H22N2O. The van der Waals surface area contributed by atoms with Crippen molar-refractivity contribution in [3.63, 3.8) is 0 Å². The highest BCUT2D eigenvalue weighted by Crippen LogP contribution is 2.29. The Hall–Kier alpha value is -1.09. The van der Waals surface area contributed by atoms with E-state index in [-0.39, 0.29) is 12.1 Å². The van der Waals surface area contributed by atoms with Gasteiger partial charge in [-0.15, -0.1) is 0 Å². The third kappa shape index (κ3) is 3.43. The Bertz CT molecular complexity index is 320. The molecule has 2 rings (SSSR count). The predicted molar refractivity (Wildman–Crippen MR) is 69.9 cm³/mol. The normalized spacial score (nSPS) is 20.8. The van der Waals surface area contributed by atoms with Crippen LogP contribution in [-0.2, 0) is 0 Å². The van der Waals surface area contributed by atoms with Crippen molar-refractivity contribution >= 4 is 5.69 Å². The maximum absolute atomic E-state index is 9.94. The Labute approximate surface area is 103 Å². The van der Waals surface area contributed by atoms with E-state index in [4.69, 9.17) is 0 Å². The number of anilines is 1. The summed E-state index contributed by atoms with van der Waals surface area (Å²) < 4.78 is 0. The van der Waals surface area contributed by atoms with Gasteiger partial charge in [0, 0.05) is 12.4 Å². The molecule has 0 bridgehead atoms. The first-order valence-corrected chi connectivity index (χ1v) is 6.62. The average molecular weight is 234 g/mol. The van der Waals surface area contributed by atoms with E-state index in [2.05, 4.69) is 10.3 Å². The van der Waals surface area contributed by atoms with Crippen molar-refractivity contribution in [3.05, 3.63) is 24.5 Å². The van der Waals surface area contributed by atoms with E-state index in [9.17, 15) is 5.11 Å². The van der Waals surface area contributed by atoms with Crippen molar-refractivity contribution in [3.8, 4) is 0 Å². The van der Waals surface area contributed by atoms with Crippen LogP contribution in [-0.4, -0.2) is 22.2 Å². The Kier molecular flexibility index (Phi) is 4.37. The van der Waals surface area contributed by atoms with Crippen LogP contribution in [0.2, 0.25) is 0 Å². The van der Waals surface area contributed by atoms with Gasteiger partial charge in [0.15, 0.2) is 0 Å². The van der Waals surface area contributed by atoms with Crippen LogP contribution in [0, 0.1) is 5.92 Å². The topological polar surface area (TPSA) is 45.1 Å². The van der Waals surface area contributed by atoms with Crippen molar-refractivity contribution in [2.75, 3.05) is 5.32 Å². The van der Waals surface area contributed by atoms with Crippen molar-refractivity contribution < 1.29 is 5.11 Å². The number of pyridine rings is 1. The summed E-state index contributed by atoms with van der Waals surface area (Å²) in [4.78, 5) is 4.10. The maximum atomic E-state index is 9.94. The second-order valence-electron chi connectivity index (χ2n) is 5.05. The number of aliphatic hydroxyl groups is 1. The first-order valence-electron chi connectivity index (χ1n) is 6.62. The monoisotopic (exact) mass is 234 g/mol. The molecular weight excluding hydrogens is 212 g/mol. The number of hydrogen-bond donors (Lipinski definition) is 2. The highest BCUT2D eigenvalue weighted by atomic mass is 16.3. The van der Waals surface area contributed by atoms with Crippen LogP contribution in [0.25, 0.3) is 0 Å². The van der Waals surface area contributed by atoms with E-state index in [0.717, 1.165) is 5.69 Å². The van der Waals surface area contributed by atoms with E-state index in [1.54, 1.807) is 6.20 Å². The van der Waals surface area contributed by atoms with Crippen molar-refractivity contribution in [2.24, 2.45) is 5.92 Å². The van der Waals surface area contributed by atoms with Gasteiger partial charge >= 0.3 is 0 Å². The van der Waals surface area contributed by atoms with Gasteiger partial charge < -0.3 is 10.4 Å². The van der Waals surface area contributed by atoms with Gasteiger partial charge in [-0.25, -0.2) is 0 Å². The van der Waals surface area contributed by atoms with E-state index >= 15 is 0 Å². The van der Waals surface area contributed by atoms with Crippen LogP contribution < -0.4 is 5.32 Å². The van der Waals surface area contributed by atoms with E-state index < -0.39 is 0 Å². The van der Waals surface area contributed by atoms with Crippen molar-refractivity contribution in [1.29, 1.82) is 0 Å². The summed E-state index contributed by atoms with van der Waals surface area (Å²) >= 11 is 0. The second-order valence-corrected chi connectivity index (χ2v) is 5.05. The second kappa shape index (κ2) is 6.01. The molecule has 3 heteroatoms. The molecule has 0 saturated heterocycles. The number of nitrogens with one attached hydrogen (secondary N) is 1. The zero-order valence-corrected chi connectivity index (χ0v) is 10.5. The maximum Gasteiger partial charge on any atom is 0.0715 e. The molecule has 3 nitrogen and oxygen atoms in total. The molecule has 0 aliphatic heterocycles. The van der Waals surface area contributed by atoms with E-state index in [1.165, 1.54) is 32.1 Å². The number of rotatable bonds is 4. The lowest BCUT2D eigenvalue weighted by atomic mass is 9.82. The van der Waals surface area contributed by atoms with Gasteiger partial charge in [-0.05, 0) is 37.8 Å². The minimum absolute atomic E-state index is 0.152. The van der Waals surface area contributed by atoms with Crippen LogP contribution >= 0.6 is 0 Å².